The molecular formula is C41H45F6N9O6. The lowest BCUT2D eigenvalue weighted by molar-refractivity contribution is -0.138. The number of carbonyl (C=O) groups is 4. The van der Waals surface area contributed by atoms with Crippen LogP contribution in [0, 0.1) is 5.41 Å². The fraction of sp³-hybridized carbons (Fsp3) is 0.415. The predicted molar refractivity (Wildman–Crippen MR) is 213 cm³/mol. The molecule has 0 bridgehead atoms. The second-order valence-electron chi connectivity index (χ2n) is 15.3. The molecule has 1 unspecified atom stereocenters. The Bertz CT molecular complexity index is 2190. The topological polar surface area (TPSA) is 174 Å². The third-order valence-corrected chi connectivity index (χ3v) is 10.2. The number of nitrogens with one attached hydrogen (secondary N) is 1. The highest BCUT2D eigenvalue weighted by Gasteiger charge is 2.38. The summed E-state index contributed by atoms with van der Waals surface area (Å²) in [5.74, 6) is -1.91. The number of hydrogen-bond acceptors (Lipinski definition) is 11. The van der Waals surface area contributed by atoms with Gasteiger partial charge >= 0.3 is 18.3 Å². The van der Waals surface area contributed by atoms with Gasteiger partial charge in [0.05, 0.1) is 28.4 Å². The minimum absolute atomic E-state index is 0.143. The van der Waals surface area contributed by atoms with Gasteiger partial charge in [-0.3, -0.25) is 14.4 Å². The standard InChI is InChI=1S/C24H30F3N5O3.C17H15F3N4O3/c1-23(2,3)19(35-4)15-28-21(33)18-9-10-20(30-29-18)31-11-13-32(14-12-31)22(34)16-7-5-6-8-17(16)24(25,26)27;18-17(19,20)12-4-2-1-3-11(12)15(25)24-9-7-23(8-10-24)14-6-5-13(16(26)27)21-22-14/h5-10,19H,11-15H2,1-4H3,(H,28,33);1-6H,7-10H2,(H,26,27). The van der Waals surface area contributed by atoms with Gasteiger partial charge in [0.2, 0.25) is 0 Å². The number of amides is 3. The molecule has 0 aliphatic carbocycles. The van der Waals surface area contributed by atoms with Gasteiger partial charge in [-0.2, -0.15) is 26.3 Å². The molecule has 21 heteroatoms. The van der Waals surface area contributed by atoms with Gasteiger partial charge in [-0.05, 0) is 53.9 Å². The van der Waals surface area contributed by atoms with Gasteiger partial charge in [0.25, 0.3) is 17.7 Å². The molecule has 0 spiro atoms. The Hall–Kier alpha value is -6.38. The summed E-state index contributed by atoms with van der Waals surface area (Å²) in [7, 11) is 1.60. The summed E-state index contributed by atoms with van der Waals surface area (Å²) in [4.78, 5) is 54.9. The number of anilines is 2. The van der Waals surface area contributed by atoms with E-state index in [1.54, 1.807) is 24.1 Å². The molecule has 2 aliphatic heterocycles. The number of hydrogen-bond donors (Lipinski definition) is 2. The van der Waals surface area contributed by atoms with Gasteiger partial charge in [0, 0.05) is 66.0 Å². The van der Waals surface area contributed by atoms with Crippen LogP contribution in [-0.4, -0.2) is 131 Å². The average Bonchev–Trinajstić information content (AvgIpc) is 3.25. The summed E-state index contributed by atoms with van der Waals surface area (Å²) >= 11 is 0. The number of benzene rings is 2. The van der Waals surface area contributed by atoms with E-state index in [-0.39, 0.29) is 66.1 Å². The van der Waals surface area contributed by atoms with Crippen molar-refractivity contribution in [2.75, 3.05) is 75.8 Å². The third kappa shape index (κ3) is 11.7. The second-order valence-corrected chi connectivity index (χ2v) is 15.3. The molecule has 2 fully saturated rings. The average molecular weight is 874 g/mol. The second kappa shape index (κ2) is 19.6. The molecule has 2 aliphatic rings. The summed E-state index contributed by atoms with van der Waals surface area (Å²) in [5, 5.41) is 27.2. The minimum atomic E-state index is -4.60. The van der Waals surface area contributed by atoms with Gasteiger partial charge in [0.1, 0.15) is 0 Å². The molecule has 62 heavy (non-hydrogen) atoms. The van der Waals surface area contributed by atoms with E-state index in [9.17, 15) is 45.5 Å². The van der Waals surface area contributed by atoms with Crippen LogP contribution in [0.5, 0.6) is 0 Å². The number of halogens is 6. The van der Waals surface area contributed by atoms with E-state index < -0.39 is 41.3 Å². The van der Waals surface area contributed by atoms with Crippen molar-refractivity contribution in [3.05, 3.63) is 106 Å². The molecule has 4 aromatic rings. The number of rotatable bonds is 9. The normalized spacial score (nSPS) is 15.3. The van der Waals surface area contributed by atoms with Gasteiger partial charge < -0.3 is 34.8 Å². The highest BCUT2D eigenvalue weighted by Crippen LogP contribution is 2.34. The maximum atomic E-state index is 13.3. The van der Waals surface area contributed by atoms with E-state index in [2.05, 4.69) is 25.7 Å². The molecule has 0 saturated carbocycles. The van der Waals surface area contributed by atoms with Crippen LogP contribution in [-0.2, 0) is 17.1 Å². The van der Waals surface area contributed by atoms with Crippen LogP contribution in [0.3, 0.4) is 0 Å². The zero-order chi connectivity index (χ0) is 45.4. The molecule has 1 atom stereocenters. The van der Waals surface area contributed by atoms with Crippen LogP contribution in [0.15, 0.2) is 72.8 Å². The van der Waals surface area contributed by atoms with Crippen molar-refractivity contribution < 1.29 is 55.4 Å². The molecule has 2 saturated heterocycles. The molecule has 6 rings (SSSR count). The van der Waals surface area contributed by atoms with Crippen LogP contribution in [0.25, 0.3) is 0 Å². The lowest BCUT2D eigenvalue weighted by Gasteiger charge is -2.35. The van der Waals surface area contributed by atoms with Gasteiger partial charge in [-0.15, -0.1) is 20.4 Å². The number of alkyl halides is 6. The molecule has 4 heterocycles. The molecule has 332 valence electrons. The Kier molecular flexibility index (Phi) is 14.7. The number of aromatic nitrogens is 4. The van der Waals surface area contributed by atoms with E-state index in [0.29, 0.717) is 44.4 Å². The summed E-state index contributed by atoms with van der Waals surface area (Å²) < 4.78 is 84.6. The van der Waals surface area contributed by atoms with Crippen LogP contribution >= 0.6 is 0 Å². The molecule has 2 aromatic heterocycles. The Morgan fingerprint density at radius 2 is 1.03 bits per heavy atom. The van der Waals surface area contributed by atoms with Crippen molar-refractivity contribution in [3.63, 3.8) is 0 Å². The SMILES string of the molecule is COC(CNC(=O)c1ccc(N2CCN(C(=O)c3ccccc3C(F)(F)F)CC2)nn1)C(C)(C)C.O=C(O)c1ccc(N2CCN(C(=O)c3ccccc3C(F)(F)F)CC2)nn1. The van der Waals surface area contributed by atoms with Crippen molar-refractivity contribution >= 4 is 35.3 Å². The Balaban J connectivity index is 0.000000242. The van der Waals surface area contributed by atoms with Crippen molar-refractivity contribution in [3.8, 4) is 0 Å². The Morgan fingerprint density at radius 1 is 0.629 bits per heavy atom. The highest BCUT2D eigenvalue weighted by molar-refractivity contribution is 5.97. The predicted octanol–water partition coefficient (Wildman–Crippen LogP) is 5.40. The number of ether oxygens (including phenoxy) is 1. The van der Waals surface area contributed by atoms with Crippen molar-refractivity contribution in [2.45, 2.75) is 39.2 Å². The molecule has 2 N–H and O–H groups in total. The van der Waals surface area contributed by atoms with E-state index in [0.717, 1.165) is 12.1 Å². The third-order valence-electron chi connectivity index (χ3n) is 10.2. The number of aromatic carboxylic acids is 1. The zero-order valence-corrected chi connectivity index (χ0v) is 34.2. The molecule has 2 aromatic carbocycles. The van der Waals surface area contributed by atoms with Crippen molar-refractivity contribution in [2.24, 2.45) is 5.41 Å². The summed E-state index contributed by atoms with van der Waals surface area (Å²) in [6.45, 7) is 8.74. The van der Waals surface area contributed by atoms with E-state index in [1.807, 2.05) is 25.7 Å². The van der Waals surface area contributed by atoms with Crippen LogP contribution < -0.4 is 15.1 Å². The first kappa shape index (κ1) is 46.7. The van der Waals surface area contributed by atoms with Crippen LogP contribution in [0.1, 0.15) is 73.6 Å². The summed E-state index contributed by atoms with van der Waals surface area (Å²) in [6.07, 6.45) is -9.37. The van der Waals surface area contributed by atoms with Gasteiger partial charge in [-0.1, -0.05) is 45.0 Å². The lowest BCUT2D eigenvalue weighted by Crippen LogP contribution is -2.49. The van der Waals surface area contributed by atoms with Gasteiger partial charge in [-0.25, -0.2) is 4.79 Å². The summed E-state index contributed by atoms with van der Waals surface area (Å²) in [6, 6.07) is 15.6. The number of carbonyl (C=O) groups excluding carboxylic acids is 3. The van der Waals surface area contributed by atoms with Crippen molar-refractivity contribution in [1.82, 2.24) is 35.5 Å². The fourth-order valence-electron chi connectivity index (χ4n) is 6.69. The zero-order valence-electron chi connectivity index (χ0n) is 34.2. The number of carboxylic acids is 1. The first-order chi connectivity index (χ1) is 29.2. The quantitative estimate of drug-likeness (QED) is 0.205. The van der Waals surface area contributed by atoms with Crippen LogP contribution in [0.2, 0.25) is 0 Å². The number of nitrogens with zero attached hydrogens (tertiary/aromatic N) is 8. The Morgan fingerprint density at radius 3 is 1.37 bits per heavy atom. The lowest BCUT2D eigenvalue weighted by atomic mass is 9.89. The minimum Gasteiger partial charge on any atom is -0.476 e. The molecule has 0 radical (unpaired) electrons. The van der Waals surface area contributed by atoms with E-state index in [4.69, 9.17) is 9.84 Å². The van der Waals surface area contributed by atoms with Crippen molar-refractivity contribution in [1.29, 1.82) is 0 Å². The molecule has 15 nitrogen and oxygen atoms in total. The first-order valence-corrected chi connectivity index (χ1v) is 19.3. The molecular weight excluding hydrogens is 828 g/mol. The fourth-order valence-corrected chi connectivity index (χ4v) is 6.69. The number of piperazine rings is 2. The van der Waals surface area contributed by atoms with E-state index in [1.165, 1.54) is 58.3 Å². The highest BCUT2D eigenvalue weighted by atomic mass is 19.4. The van der Waals surface area contributed by atoms with Gasteiger partial charge in [0.15, 0.2) is 23.0 Å². The summed E-state index contributed by atoms with van der Waals surface area (Å²) in [5.41, 5.74) is -2.78. The number of carboxylic acid groups (broad SMARTS) is 1. The number of methoxy groups -OCH3 is 1. The maximum Gasteiger partial charge on any atom is 0.417 e. The molecule has 3 amide bonds. The maximum absolute atomic E-state index is 13.3. The first-order valence-electron chi connectivity index (χ1n) is 19.3. The monoisotopic (exact) mass is 873 g/mol. The van der Waals surface area contributed by atoms with E-state index >= 15 is 0 Å². The van der Waals surface area contributed by atoms with Crippen LogP contribution in [0.4, 0.5) is 38.0 Å². The Labute approximate surface area is 352 Å². The largest absolute Gasteiger partial charge is 0.476 e. The smallest absolute Gasteiger partial charge is 0.417 e.